The molecular formula is C18H31N3O3S. The summed E-state index contributed by atoms with van der Waals surface area (Å²) in [4.78, 5) is 12.3. The van der Waals surface area contributed by atoms with Crippen molar-refractivity contribution < 1.29 is 13.2 Å². The number of hydrogen-bond donors (Lipinski definition) is 2. The Labute approximate surface area is 152 Å². The lowest BCUT2D eigenvalue weighted by molar-refractivity contribution is 0.233. The van der Waals surface area contributed by atoms with Gasteiger partial charge in [-0.1, -0.05) is 39.8 Å². The number of carbonyl (C=O) groups excluding carboxylic acids is 1. The van der Waals surface area contributed by atoms with Gasteiger partial charge >= 0.3 is 6.03 Å². The smallest absolute Gasteiger partial charge is 0.315 e. The molecular weight excluding hydrogens is 338 g/mol. The summed E-state index contributed by atoms with van der Waals surface area (Å²) in [6.07, 6.45) is 1.77. The van der Waals surface area contributed by atoms with E-state index in [1.54, 1.807) is 24.3 Å². The Balaban J connectivity index is 2.80. The van der Waals surface area contributed by atoms with E-state index in [0.717, 1.165) is 18.4 Å². The van der Waals surface area contributed by atoms with E-state index in [9.17, 15) is 13.2 Å². The summed E-state index contributed by atoms with van der Waals surface area (Å²) >= 11 is 0. The summed E-state index contributed by atoms with van der Waals surface area (Å²) in [5.41, 5.74) is 0.859. The highest BCUT2D eigenvalue weighted by Gasteiger charge is 2.21. The van der Waals surface area contributed by atoms with E-state index in [1.165, 1.54) is 4.31 Å². The van der Waals surface area contributed by atoms with Crippen molar-refractivity contribution in [1.29, 1.82) is 0 Å². The molecule has 0 aliphatic rings. The van der Waals surface area contributed by atoms with Gasteiger partial charge in [-0.05, 0) is 37.5 Å². The van der Waals surface area contributed by atoms with Crippen LogP contribution in [0.2, 0.25) is 0 Å². The molecule has 1 atom stereocenters. The molecule has 2 N–H and O–H groups in total. The summed E-state index contributed by atoms with van der Waals surface area (Å²) in [7, 11) is -3.46. The van der Waals surface area contributed by atoms with Crippen molar-refractivity contribution in [2.75, 3.05) is 13.1 Å². The maximum Gasteiger partial charge on any atom is 0.315 e. The minimum absolute atomic E-state index is 0.161. The standard InChI is InChI=1S/C18H31N3O3S/c1-6-16(7-2)20-18(22)19-14(5)15-10-12-17(13-11-15)25(23,24)21(8-3)9-4/h10-14,16H,6-9H2,1-5H3,(H2,19,20,22). The number of sulfonamides is 1. The third kappa shape index (κ3) is 5.71. The Bertz CT molecular complexity index is 636. The first-order valence-electron chi connectivity index (χ1n) is 8.97. The van der Waals surface area contributed by atoms with E-state index < -0.39 is 10.0 Å². The number of rotatable bonds is 9. The van der Waals surface area contributed by atoms with E-state index >= 15 is 0 Å². The van der Waals surface area contributed by atoms with Crippen LogP contribution in [0.25, 0.3) is 0 Å². The van der Waals surface area contributed by atoms with Gasteiger partial charge in [0.05, 0.1) is 10.9 Å². The second-order valence-corrected chi connectivity index (χ2v) is 7.95. The van der Waals surface area contributed by atoms with Crippen LogP contribution >= 0.6 is 0 Å². The van der Waals surface area contributed by atoms with Crippen molar-refractivity contribution in [3.63, 3.8) is 0 Å². The Morgan fingerprint density at radius 1 is 1.00 bits per heavy atom. The normalized spacial score (nSPS) is 13.1. The van der Waals surface area contributed by atoms with Crippen LogP contribution in [0.1, 0.15) is 59.1 Å². The maximum atomic E-state index is 12.5. The van der Waals surface area contributed by atoms with Gasteiger partial charge in [-0.3, -0.25) is 0 Å². The van der Waals surface area contributed by atoms with Gasteiger partial charge in [0.2, 0.25) is 10.0 Å². The molecule has 6 nitrogen and oxygen atoms in total. The molecule has 2 amide bonds. The third-order valence-corrected chi connectivity index (χ3v) is 6.46. The molecule has 25 heavy (non-hydrogen) atoms. The maximum absolute atomic E-state index is 12.5. The highest BCUT2D eigenvalue weighted by atomic mass is 32.2. The number of amides is 2. The van der Waals surface area contributed by atoms with Crippen LogP contribution in [0, 0.1) is 0 Å². The highest BCUT2D eigenvalue weighted by molar-refractivity contribution is 7.89. The molecule has 0 aromatic heterocycles. The van der Waals surface area contributed by atoms with Crippen molar-refractivity contribution >= 4 is 16.1 Å². The fraction of sp³-hybridized carbons (Fsp3) is 0.611. The summed E-state index contributed by atoms with van der Waals surface area (Å²) < 4.78 is 26.4. The number of urea groups is 1. The fourth-order valence-electron chi connectivity index (χ4n) is 2.64. The highest BCUT2D eigenvalue weighted by Crippen LogP contribution is 2.19. The number of nitrogens with zero attached hydrogens (tertiary/aromatic N) is 1. The summed E-state index contributed by atoms with van der Waals surface area (Å²) in [6, 6.07) is 6.44. The predicted molar refractivity (Wildman–Crippen MR) is 101 cm³/mol. The van der Waals surface area contributed by atoms with Crippen LogP contribution in [-0.4, -0.2) is 37.9 Å². The third-order valence-electron chi connectivity index (χ3n) is 4.39. The van der Waals surface area contributed by atoms with E-state index in [1.807, 2.05) is 34.6 Å². The van der Waals surface area contributed by atoms with Crippen molar-refractivity contribution in [2.24, 2.45) is 0 Å². The van der Waals surface area contributed by atoms with Gasteiger partial charge in [-0.25, -0.2) is 13.2 Å². The molecule has 7 heteroatoms. The van der Waals surface area contributed by atoms with Gasteiger partial charge in [-0.15, -0.1) is 0 Å². The molecule has 0 heterocycles. The largest absolute Gasteiger partial charge is 0.335 e. The van der Waals surface area contributed by atoms with Crippen molar-refractivity contribution in [2.45, 2.75) is 64.4 Å². The second-order valence-electron chi connectivity index (χ2n) is 6.01. The Kier molecular flexibility index (Phi) is 8.38. The monoisotopic (exact) mass is 369 g/mol. The first kappa shape index (κ1) is 21.4. The first-order valence-corrected chi connectivity index (χ1v) is 10.4. The number of benzene rings is 1. The molecule has 0 saturated heterocycles. The Hall–Kier alpha value is -1.60. The van der Waals surface area contributed by atoms with Crippen LogP contribution in [-0.2, 0) is 10.0 Å². The number of nitrogens with one attached hydrogen (secondary N) is 2. The minimum atomic E-state index is -3.46. The molecule has 0 radical (unpaired) electrons. The van der Waals surface area contributed by atoms with Crippen molar-refractivity contribution in [1.82, 2.24) is 14.9 Å². The minimum Gasteiger partial charge on any atom is -0.335 e. The Morgan fingerprint density at radius 3 is 1.96 bits per heavy atom. The molecule has 1 aromatic carbocycles. The van der Waals surface area contributed by atoms with E-state index in [0.29, 0.717) is 13.1 Å². The van der Waals surface area contributed by atoms with Crippen molar-refractivity contribution in [3.05, 3.63) is 29.8 Å². The average Bonchev–Trinajstić information content (AvgIpc) is 2.60. The molecule has 0 spiro atoms. The van der Waals surface area contributed by atoms with Crippen LogP contribution in [0.3, 0.4) is 0 Å². The summed E-state index contributed by atoms with van der Waals surface area (Å²) in [5.74, 6) is 0. The molecule has 0 fully saturated rings. The summed E-state index contributed by atoms with van der Waals surface area (Å²) in [6.45, 7) is 10.5. The van der Waals surface area contributed by atoms with Gasteiger partial charge in [0.1, 0.15) is 0 Å². The molecule has 0 aliphatic carbocycles. The van der Waals surface area contributed by atoms with Gasteiger partial charge in [0, 0.05) is 19.1 Å². The zero-order valence-electron chi connectivity index (χ0n) is 15.9. The molecule has 0 aliphatic heterocycles. The Morgan fingerprint density at radius 2 is 1.52 bits per heavy atom. The van der Waals surface area contributed by atoms with Crippen LogP contribution < -0.4 is 10.6 Å². The first-order chi connectivity index (χ1) is 11.8. The average molecular weight is 370 g/mol. The van der Waals surface area contributed by atoms with Gasteiger partial charge in [0.15, 0.2) is 0 Å². The molecule has 1 unspecified atom stereocenters. The molecule has 0 bridgehead atoms. The van der Waals surface area contributed by atoms with Crippen LogP contribution in [0.15, 0.2) is 29.2 Å². The van der Waals surface area contributed by atoms with Gasteiger partial charge in [-0.2, -0.15) is 4.31 Å². The molecule has 0 saturated carbocycles. The fourth-order valence-corrected chi connectivity index (χ4v) is 4.10. The van der Waals surface area contributed by atoms with Crippen LogP contribution in [0.5, 0.6) is 0 Å². The lowest BCUT2D eigenvalue weighted by Crippen LogP contribution is -2.42. The molecule has 1 rings (SSSR count). The van der Waals surface area contributed by atoms with Gasteiger partial charge in [0.25, 0.3) is 0 Å². The summed E-state index contributed by atoms with van der Waals surface area (Å²) in [5, 5.41) is 5.82. The van der Waals surface area contributed by atoms with Gasteiger partial charge < -0.3 is 10.6 Å². The molecule has 1 aromatic rings. The topological polar surface area (TPSA) is 78.5 Å². The number of carbonyl (C=O) groups is 1. The van der Waals surface area contributed by atoms with E-state index in [4.69, 9.17) is 0 Å². The lowest BCUT2D eigenvalue weighted by Gasteiger charge is -2.20. The predicted octanol–water partition coefficient (Wildman–Crippen LogP) is 3.27. The van der Waals surface area contributed by atoms with Crippen LogP contribution in [0.4, 0.5) is 4.79 Å². The zero-order valence-corrected chi connectivity index (χ0v) is 16.7. The van der Waals surface area contributed by atoms with Crippen molar-refractivity contribution in [3.8, 4) is 0 Å². The quantitative estimate of drug-likeness (QED) is 0.701. The number of hydrogen-bond acceptors (Lipinski definition) is 3. The molecule has 142 valence electrons. The van der Waals surface area contributed by atoms with E-state index in [-0.39, 0.29) is 23.0 Å². The zero-order chi connectivity index (χ0) is 19.0. The van der Waals surface area contributed by atoms with E-state index in [2.05, 4.69) is 10.6 Å². The lowest BCUT2D eigenvalue weighted by atomic mass is 10.1. The SMILES string of the molecule is CCC(CC)NC(=O)NC(C)c1ccc(S(=O)(=O)N(CC)CC)cc1. The second kappa shape index (κ2) is 9.77.